The number of nitro groups is 1. The number of nitro benzene ring substituents is 1. The Labute approximate surface area is 203 Å². The topological polar surface area (TPSA) is 131 Å². The lowest BCUT2D eigenvalue weighted by Crippen LogP contribution is -2.47. The molecule has 0 unspecified atom stereocenters. The third kappa shape index (κ3) is 5.01. The zero-order chi connectivity index (χ0) is 24.4. The Bertz CT molecular complexity index is 1090. The molecule has 1 saturated carbocycles. The van der Waals surface area contributed by atoms with E-state index in [9.17, 15) is 14.9 Å². The third-order valence-electron chi connectivity index (χ3n) is 6.61. The fourth-order valence-corrected chi connectivity index (χ4v) is 5.18. The molecule has 0 bridgehead atoms. The van der Waals surface area contributed by atoms with E-state index < -0.39 is 11.0 Å². The number of aromatic nitrogens is 2. The Kier molecular flexibility index (Phi) is 7.06. The van der Waals surface area contributed by atoms with Crippen LogP contribution >= 0.6 is 11.6 Å². The van der Waals surface area contributed by atoms with Crippen molar-refractivity contribution >= 4 is 40.8 Å². The first kappa shape index (κ1) is 24.0. The standard InChI is InChI=1S/C23H30ClN7O3/c1-29(2)21-17-5-3-4-6-18(17)27-23(28-21)26-15-8-10-16(11-9-15)30(22(25)32)20-13-14(24)7-12-19(20)31(33)34/h7,12-13,15-16H,3-6,8-11H2,1-2H3,(H2,25,32)(H,26,27,28)/t15-,16+. The predicted octanol–water partition coefficient (Wildman–Crippen LogP) is 4.29. The summed E-state index contributed by atoms with van der Waals surface area (Å²) in [5.74, 6) is 1.60. The van der Waals surface area contributed by atoms with Gasteiger partial charge in [-0.25, -0.2) is 9.78 Å². The van der Waals surface area contributed by atoms with Crippen molar-refractivity contribution in [1.29, 1.82) is 0 Å². The number of fused-ring (bicyclic) bond motifs is 1. The molecule has 4 rings (SSSR count). The number of anilines is 3. The van der Waals surface area contributed by atoms with Crippen LogP contribution in [0.15, 0.2) is 18.2 Å². The number of halogens is 1. The number of hydrogen-bond acceptors (Lipinski definition) is 7. The van der Waals surface area contributed by atoms with Crippen molar-refractivity contribution in [3.63, 3.8) is 0 Å². The highest BCUT2D eigenvalue weighted by molar-refractivity contribution is 6.31. The van der Waals surface area contributed by atoms with Gasteiger partial charge in [0.1, 0.15) is 11.5 Å². The number of benzene rings is 1. The van der Waals surface area contributed by atoms with Crippen molar-refractivity contribution in [3.8, 4) is 0 Å². The number of nitrogens with one attached hydrogen (secondary N) is 1. The average molecular weight is 488 g/mol. The molecule has 2 aromatic rings. The summed E-state index contributed by atoms with van der Waals surface area (Å²) in [4.78, 5) is 36.3. The normalized spacial score (nSPS) is 19.7. The minimum absolute atomic E-state index is 0.134. The number of nitrogens with two attached hydrogens (primary N) is 1. The Hall–Kier alpha value is -3.14. The average Bonchev–Trinajstić information content (AvgIpc) is 2.79. The van der Waals surface area contributed by atoms with E-state index in [1.54, 1.807) is 0 Å². The largest absolute Gasteiger partial charge is 0.362 e. The molecule has 0 aliphatic heterocycles. The molecule has 2 aliphatic carbocycles. The van der Waals surface area contributed by atoms with Crippen molar-refractivity contribution in [2.24, 2.45) is 5.73 Å². The van der Waals surface area contributed by atoms with Crippen LogP contribution in [0.2, 0.25) is 5.02 Å². The highest BCUT2D eigenvalue weighted by Gasteiger charge is 2.33. The minimum atomic E-state index is -0.726. The first-order valence-corrected chi connectivity index (χ1v) is 12.0. The number of carbonyl (C=O) groups excluding carboxylic acids is 1. The molecule has 1 fully saturated rings. The van der Waals surface area contributed by atoms with Gasteiger partial charge in [-0.3, -0.25) is 15.0 Å². The van der Waals surface area contributed by atoms with E-state index >= 15 is 0 Å². The zero-order valence-electron chi connectivity index (χ0n) is 19.5. The first-order valence-electron chi connectivity index (χ1n) is 11.6. The number of primary amides is 1. The number of carbonyl (C=O) groups is 1. The quantitative estimate of drug-likeness (QED) is 0.459. The molecule has 2 amide bonds. The van der Waals surface area contributed by atoms with Gasteiger partial charge in [0.15, 0.2) is 0 Å². The fourth-order valence-electron chi connectivity index (χ4n) is 5.01. The van der Waals surface area contributed by atoms with Gasteiger partial charge in [0, 0.05) is 42.8 Å². The molecule has 0 saturated heterocycles. The maximum atomic E-state index is 12.3. The summed E-state index contributed by atoms with van der Waals surface area (Å²) >= 11 is 6.08. The van der Waals surface area contributed by atoms with Crippen LogP contribution in [0.1, 0.15) is 49.8 Å². The fraction of sp³-hybridized carbons (Fsp3) is 0.522. The van der Waals surface area contributed by atoms with Gasteiger partial charge in [-0.2, -0.15) is 4.98 Å². The number of rotatable bonds is 6. The minimum Gasteiger partial charge on any atom is -0.362 e. The first-order chi connectivity index (χ1) is 16.2. The summed E-state index contributed by atoms with van der Waals surface area (Å²) in [6, 6.07) is 3.32. The van der Waals surface area contributed by atoms with Gasteiger partial charge in [0.05, 0.1) is 10.6 Å². The highest BCUT2D eigenvalue weighted by atomic mass is 35.5. The Morgan fingerprint density at radius 3 is 2.53 bits per heavy atom. The Morgan fingerprint density at radius 2 is 1.88 bits per heavy atom. The van der Waals surface area contributed by atoms with Crippen molar-refractivity contribution in [2.45, 2.75) is 63.5 Å². The van der Waals surface area contributed by atoms with Crippen LogP contribution in [-0.4, -0.2) is 47.1 Å². The summed E-state index contributed by atoms with van der Waals surface area (Å²) in [6.45, 7) is 0. The van der Waals surface area contributed by atoms with Crippen LogP contribution in [0.3, 0.4) is 0 Å². The molecule has 3 N–H and O–H groups in total. The lowest BCUT2D eigenvalue weighted by atomic mass is 9.90. The Morgan fingerprint density at radius 1 is 1.18 bits per heavy atom. The van der Waals surface area contributed by atoms with Gasteiger partial charge in [-0.15, -0.1) is 0 Å². The zero-order valence-corrected chi connectivity index (χ0v) is 20.2. The molecule has 1 aromatic heterocycles. The van der Waals surface area contributed by atoms with Crippen molar-refractivity contribution in [3.05, 3.63) is 44.6 Å². The van der Waals surface area contributed by atoms with Crippen molar-refractivity contribution in [2.75, 3.05) is 29.2 Å². The second-order valence-electron chi connectivity index (χ2n) is 9.15. The van der Waals surface area contributed by atoms with Gasteiger partial charge in [0.25, 0.3) is 5.69 Å². The van der Waals surface area contributed by atoms with Gasteiger partial charge in [-0.05, 0) is 63.5 Å². The second kappa shape index (κ2) is 10.0. The van der Waals surface area contributed by atoms with Crippen LogP contribution in [0, 0.1) is 10.1 Å². The van der Waals surface area contributed by atoms with Crippen LogP contribution < -0.4 is 20.9 Å². The van der Waals surface area contributed by atoms with E-state index in [0.29, 0.717) is 23.8 Å². The summed E-state index contributed by atoms with van der Waals surface area (Å²) in [6.07, 6.45) is 7.04. The predicted molar refractivity (Wildman–Crippen MR) is 133 cm³/mol. The molecule has 0 atom stereocenters. The summed E-state index contributed by atoms with van der Waals surface area (Å²) < 4.78 is 0. The van der Waals surface area contributed by atoms with Crippen LogP contribution in [0.4, 0.5) is 27.9 Å². The molecule has 0 radical (unpaired) electrons. The van der Waals surface area contributed by atoms with Crippen LogP contribution in [-0.2, 0) is 12.8 Å². The maximum Gasteiger partial charge on any atom is 0.319 e. The molecule has 0 spiro atoms. The smallest absolute Gasteiger partial charge is 0.319 e. The molecule has 34 heavy (non-hydrogen) atoms. The SMILES string of the molecule is CN(C)c1nc(N[C@H]2CC[C@@H](N(C(N)=O)c3cc(Cl)ccc3[N+](=O)[O-])CC2)nc2c1CCCC2. The van der Waals surface area contributed by atoms with Crippen molar-refractivity contribution in [1.82, 2.24) is 9.97 Å². The highest BCUT2D eigenvalue weighted by Crippen LogP contribution is 2.36. The maximum absolute atomic E-state index is 12.3. The molecular weight excluding hydrogens is 458 g/mol. The number of urea groups is 1. The van der Waals surface area contributed by atoms with Gasteiger partial charge < -0.3 is 16.0 Å². The number of nitrogens with zero attached hydrogens (tertiary/aromatic N) is 5. The third-order valence-corrected chi connectivity index (χ3v) is 6.85. The molecule has 10 nitrogen and oxygen atoms in total. The number of hydrogen-bond donors (Lipinski definition) is 2. The van der Waals surface area contributed by atoms with Crippen molar-refractivity contribution < 1.29 is 9.72 Å². The lowest BCUT2D eigenvalue weighted by molar-refractivity contribution is -0.384. The van der Waals surface area contributed by atoms with E-state index in [1.807, 2.05) is 19.0 Å². The molecule has 182 valence electrons. The molecule has 1 aromatic carbocycles. The molecular formula is C23H30ClN7O3. The van der Waals surface area contributed by atoms with Crippen LogP contribution in [0.5, 0.6) is 0 Å². The Balaban J connectivity index is 1.49. The second-order valence-corrected chi connectivity index (χ2v) is 9.58. The van der Waals surface area contributed by atoms with E-state index in [0.717, 1.165) is 50.0 Å². The molecule has 11 heteroatoms. The molecule has 1 heterocycles. The molecule has 2 aliphatic rings. The van der Waals surface area contributed by atoms with Gasteiger partial charge in [-0.1, -0.05) is 11.6 Å². The monoisotopic (exact) mass is 487 g/mol. The van der Waals surface area contributed by atoms with Gasteiger partial charge in [0.2, 0.25) is 5.95 Å². The summed E-state index contributed by atoms with van der Waals surface area (Å²) in [5.41, 5.74) is 7.97. The lowest BCUT2D eigenvalue weighted by Gasteiger charge is -2.36. The van der Waals surface area contributed by atoms with E-state index in [1.165, 1.54) is 28.7 Å². The summed E-state index contributed by atoms with van der Waals surface area (Å²) in [5, 5.41) is 15.3. The number of aryl methyl sites for hydroxylation is 1. The van der Waals surface area contributed by atoms with E-state index in [4.69, 9.17) is 27.3 Å². The van der Waals surface area contributed by atoms with E-state index in [2.05, 4.69) is 5.32 Å². The van der Waals surface area contributed by atoms with Crippen LogP contribution in [0.25, 0.3) is 0 Å². The summed E-state index contributed by atoms with van der Waals surface area (Å²) in [7, 11) is 4.00. The van der Waals surface area contributed by atoms with Gasteiger partial charge >= 0.3 is 6.03 Å². The number of amides is 2. The van der Waals surface area contributed by atoms with E-state index in [-0.39, 0.29) is 23.5 Å².